The molecule has 1 aliphatic heterocycles. The van der Waals surface area contributed by atoms with Crippen molar-refractivity contribution in [2.45, 2.75) is 57.9 Å². The summed E-state index contributed by atoms with van der Waals surface area (Å²) in [5.41, 5.74) is 0.441. The second-order valence-electron chi connectivity index (χ2n) is 9.61. The number of amides is 2. The zero-order valence-corrected chi connectivity index (χ0v) is 26.0. The smallest absolute Gasteiger partial charge is 0.407 e. The van der Waals surface area contributed by atoms with Crippen LogP contribution in [0, 0.1) is 12.3 Å². The predicted molar refractivity (Wildman–Crippen MR) is 154 cm³/mol. The minimum Gasteiger partial charge on any atom is -0.467 e. The SMILES string of the molecule is C#CCOCCC(=O)Nc1cc(COC(=O)NCCS(C)(=O)=O)ccc1O[C@@H]1O[C@H](C(=O)OC)C[C@H](OC(C)=O)[C@H]1OC(C)=O. The molecule has 0 spiro atoms. The number of hydrogen-bond donors (Lipinski definition) is 2. The number of methoxy groups -OCH3 is 1. The van der Waals surface area contributed by atoms with Crippen LogP contribution in [-0.4, -0.2) is 102 Å². The maximum atomic E-state index is 12.7. The number of carbonyl (C=O) groups is 5. The second-order valence-corrected chi connectivity index (χ2v) is 11.9. The monoisotopic (exact) mass is 656 g/mol. The lowest BCUT2D eigenvalue weighted by Crippen LogP contribution is -2.55. The number of rotatable bonds is 15. The van der Waals surface area contributed by atoms with Gasteiger partial charge in [0.15, 0.2) is 6.10 Å². The van der Waals surface area contributed by atoms with Gasteiger partial charge in [-0.1, -0.05) is 12.0 Å². The molecule has 0 aliphatic carbocycles. The number of alkyl carbamates (subject to hydrolysis) is 1. The zero-order chi connectivity index (χ0) is 33.6. The Labute approximate surface area is 260 Å². The van der Waals surface area contributed by atoms with Crippen LogP contribution in [0.5, 0.6) is 5.75 Å². The van der Waals surface area contributed by atoms with Gasteiger partial charge in [0.25, 0.3) is 0 Å². The van der Waals surface area contributed by atoms with E-state index < -0.39 is 64.3 Å². The standard InChI is InChI=1S/C28H36N2O14S/c1-6-11-39-12-9-24(33)30-20-14-19(16-40-28(35)29-10-13-45(5,36)37)7-8-21(20)43-27-25(42-18(3)32)22(41-17(2)31)15-23(44-27)26(34)38-4/h1,7-8,14,22-23,25,27H,9-13,15-16H2,2-5H3,(H,29,35)(H,30,33)/t22-,23-,25+,27+/m0/s1. The largest absolute Gasteiger partial charge is 0.467 e. The van der Waals surface area contributed by atoms with Gasteiger partial charge in [-0.05, 0) is 17.7 Å². The van der Waals surface area contributed by atoms with Crippen molar-refractivity contribution in [3.05, 3.63) is 23.8 Å². The first-order chi connectivity index (χ1) is 21.2. The van der Waals surface area contributed by atoms with Crippen molar-refractivity contribution >= 4 is 45.4 Å². The summed E-state index contributed by atoms with van der Waals surface area (Å²) in [5.74, 6) is -0.807. The van der Waals surface area contributed by atoms with Gasteiger partial charge in [-0.25, -0.2) is 18.0 Å². The lowest BCUT2D eigenvalue weighted by molar-refractivity contribution is -0.251. The van der Waals surface area contributed by atoms with E-state index in [0.717, 1.165) is 27.2 Å². The van der Waals surface area contributed by atoms with Crippen LogP contribution in [0.4, 0.5) is 10.5 Å². The third-order valence-corrected chi connectivity index (χ3v) is 6.74. The van der Waals surface area contributed by atoms with Gasteiger partial charge in [0.05, 0.1) is 31.6 Å². The summed E-state index contributed by atoms with van der Waals surface area (Å²) in [7, 11) is -2.16. The second kappa shape index (κ2) is 17.8. The van der Waals surface area contributed by atoms with Gasteiger partial charge in [-0.3, -0.25) is 14.4 Å². The molecule has 1 fully saturated rings. The Hall–Kier alpha value is -4.40. The Morgan fingerprint density at radius 3 is 2.44 bits per heavy atom. The fourth-order valence-electron chi connectivity index (χ4n) is 3.88. The Morgan fingerprint density at radius 2 is 1.82 bits per heavy atom. The van der Waals surface area contributed by atoms with E-state index in [9.17, 15) is 32.4 Å². The van der Waals surface area contributed by atoms with E-state index >= 15 is 0 Å². The van der Waals surface area contributed by atoms with Crippen molar-refractivity contribution in [2.75, 3.05) is 44.2 Å². The van der Waals surface area contributed by atoms with E-state index in [1.165, 1.54) is 18.2 Å². The van der Waals surface area contributed by atoms with Crippen molar-refractivity contribution in [2.24, 2.45) is 0 Å². The van der Waals surface area contributed by atoms with Crippen LogP contribution in [0.2, 0.25) is 0 Å². The van der Waals surface area contributed by atoms with Crippen molar-refractivity contribution in [3.8, 4) is 18.1 Å². The molecule has 248 valence electrons. The molecular formula is C28H36N2O14S. The van der Waals surface area contributed by atoms with E-state index in [1.54, 1.807) is 0 Å². The van der Waals surface area contributed by atoms with Gasteiger partial charge < -0.3 is 43.8 Å². The van der Waals surface area contributed by atoms with Crippen LogP contribution in [0.25, 0.3) is 0 Å². The third kappa shape index (κ3) is 13.4. The van der Waals surface area contributed by atoms with Gasteiger partial charge in [0.1, 0.15) is 34.9 Å². The number of terminal acetylenes is 1. The molecule has 0 unspecified atom stereocenters. The molecule has 17 heteroatoms. The summed E-state index contributed by atoms with van der Waals surface area (Å²) >= 11 is 0. The molecule has 1 aromatic carbocycles. The van der Waals surface area contributed by atoms with Crippen molar-refractivity contribution in [1.82, 2.24) is 5.32 Å². The maximum Gasteiger partial charge on any atom is 0.407 e. The summed E-state index contributed by atoms with van der Waals surface area (Å²) in [4.78, 5) is 60.8. The number of benzene rings is 1. The highest BCUT2D eigenvalue weighted by molar-refractivity contribution is 7.90. The molecule has 1 heterocycles. The maximum absolute atomic E-state index is 12.7. The summed E-state index contributed by atoms with van der Waals surface area (Å²) < 4.78 is 60.0. The summed E-state index contributed by atoms with van der Waals surface area (Å²) in [6.07, 6.45) is -0.272. The van der Waals surface area contributed by atoms with Crippen molar-refractivity contribution < 1.29 is 65.5 Å². The van der Waals surface area contributed by atoms with Gasteiger partial charge >= 0.3 is 24.0 Å². The van der Waals surface area contributed by atoms with Crippen LogP contribution >= 0.6 is 0 Å². The third-order valence-electron chi connectivity index (χ3n) is 5.80. The molecule has 4 atom stereocenters. The van der Waals surface area contributed by atoms with Gasteiger partial charge in [-0.2, -0.15) is 0 Å². The Morgan fingerprint density at radius 1 is 1.11 bits per heavy atom. The van der Waals surface area contributed by atoms with Gasteiger partial charge in [0.2, 0.25) is 18.3 Å². The average Bonchev–Trinajstić information content (AvgIpc) is 2.95. The summed E-state index contributed by atoms with van der Waals surface area (Å²) in [5, 5.41) is 4.96. The van der Waals surface area contributed by atoms with Crippen molar-refractivity contribution in [3.63, 3.8) is 0 Å². The molecule has 1 aromatic rings. The number of nitrogens with one attached hydrogen (secondary N) is 2. The first-order valence-electron chi connectivity index (χ1n) is 13.5. The van der Waals surface area contributed by atoms with Crippen LogP contribution in [0.15, 0.2) is 18.2 Å². The number of carbonyl (C=O) groups excluding carboxylic acids is 5. The molecule has 0 radical (unpaired) electrons. The van der Waals surface area contributed by atoms with Gasteiger partial charge in [-0.15, -0.1) is 6.42 Å². The minimum absolute atomic E-state index is 0.00212. The molecule has 45 heavy (non-hydrogen) atoms. The molecule has 0 aromatic heterocycles. The van der Waals surface area contributed by atoms with Crippen LogP contribution in [0.3, 0.4) is 0 Å². The topological polar surface area (TPSA) is 208 Å². The predicted octanol–water partition coefficient (Wildman–Crippen LogP) is 0.466. The fraction of sp³-hybridized carbons (Fsp3) is 0.536. The molecule has 1 aliphatic rings. The van der Waals surface area contributed by atoms with E-state index in [4.69, 9.17) is 39.6 Å². The van der Waals surface area contributed by atoms with Crippen LogP contribution in [-0.2, 0) is 64.0 Å². The number of sulfone groups is 1. The minimum atomic E-state index is -3.29. The highest BCUT2D eigenvalue weighted by Crippen LogP contribution is 2.33. The lowest BCUT2D eigenvalue weighted by Gasteiger charge is -2.39. The number of anilines is 1. The molecule has 1 saturated heterocycles. The fourth-order valence-corrected chi connectivity index (χ4v) is 4.36. The molecule has 0 saturated carbocycles. The normalized spacial score (nSPS) is 19.3. The number of ether oxygens (including phenoxy) is 7. The first kappa shape index (κ1) is 36.8. The number of esters is 3. The molecular weight excluding hydrogens is 620 g/mol. The molecule has 2 rings (SSSR count). The highest BCUT2D eigenvalue weighted by atomic mass is 32.2. The quantitative estimate of drug-likeness (QED) is 0.114. The molecule has 16 nitrogen and oxygen atoms in total. The number of hydrogen-bond acceptors (Lipinski definition) is 14. The Bertz CT molecular complexity index is 1370. The highest BCUT2D eigenvalue weighted by Gasteiger charge is 2.47. The van der Waals surface area contributed by atoms with E-state index in [-0.39, 0.29) is 56.4 Å². The molecule has 2 amide bonds. The van der Waals surface area contributed by atoms with E-state index in [0.29, 0.717) is 5.56 Å². The molecule has 2 N–H and O–H groups in total. The van der Waals surface area contributed by atoms with Crippen LogP contribution < -0.4 is 15.4 Å². The van der Waals surface area contributed by atoms with Crippen LogP contribution in [0.1, 0.15) is 32.3 Å². The Kier molecular flexibility index (Phi) is 14.5. The van der Waals surface area contributed by atoms with E-state index in [1.807, 2.05) is 0 Å². The summed E-state index contributed by atoms with van der Waals surface area (Å²) in [6.45, 7) is 1.83. The summed E-state index contributed by atoms with van der Waals surface area (Å²) in [6, 6.07) is 4.29. The Balaban J connectivity index is 2.35. The zero-order valence-electron chi connectivity index (χ0n) is 25.2. The average molecular weight is 657 g/mol. The molecule has 0 bridgehead atoms. The lowest BCUT2D eigenvalue weighted by atomic mass is 10.0. The van der Waals surface area contributed by atoms with Gasteiger partial charge in [0, 0.05) is 33.1 Å². The van der Waals surface area contributed by atoms with Crippen molar-refractivity contribution in [1.29, 1.82) is 0 Å². The first-order valence-corrected chi connectivity index (χ1v) is 15.5. The van der Waals surface area contributed by atoms with E-state index in [2.05, 4.69) is 16.6 Å².